The fraction of sp³-hybridized carbons (Fsp3) is 0.500. The van der Waals surface area contributed by atoms with Crippen LogP contribution in [-0.4, -0.2) is 21.1 Å². The zero-order chi connectivity index (χ0) is 11.5. The average molecular weight is 210 g/mol. The van der Waals surface area contributed by atoms with Crippen molar-refractivity contribution in [2.45, 2.75) is 32.9 Å². The van der Waals surface area contributed by atoms with Gasteiger partial charge in [0.05, 0.1) is 6.20 Å². The Hall–Kier alpha value is -1.65. The van der Waals surface area contributed by atoms with Gasteiger partial charge in [-0.2, -0.15) is 0 Å². The molecule has 0 aliphatic rings. The van der Waals surface area contributed by atoms with Crippen molar-refractivity contribution < 1.29 is 9.53 Å². The molecule has 82 valence electrons. The number of aromatic nitrogens is 2. The molecule has 5 heteroatoms. The van der Waals surface area contributed by atoms with Gasteiger partial charge in [0.15, 0.2) is 0 Å². The summed E-state index contributed by atoms with van der Waals surface area (Å²) in [5.41, 5.74) is -0.850. The molecule has 1 aromatic rings. The standard InChI is InChI=1S/C10H14N2O3/c1-10(2,3)15-9(14)7-12-5-4-11-6-8(12)13/h4-6H,7H2,1-3H3. The van der Waals surface area contributed by atoms with Crippen LogP contribution in [0.25, 0.3) is 0 Å². The van der Waals surface area contributed by atoms with E-state index in [9.17, 15) is 9.59 Å². The Morgan fingerprint density at radius 2 is 2.20 bits per heavy atom. The number of rotatable bonds is 2. The third-order valence-corrected chi connectivity index (χ3v) is 1.52. The van der Waals surface area contributed by atoms with Crippen LogP contribution in [0.2, 0.25) is 0 Å². The Morgan fingerprint density at radius 1 is 1.53 bits per heavy atom. The SMILES string of the molecule is CC(C)(C)OC(=O)Cn1ccncc1=O. The van der Waals surface area contributed by atoms with E-state index in [2.05, 4.69) is 4.98 Å². The zero-order valence-electron chi connectivity index (χ0n) is 9.06. The highest BCUT2D eigenvalue weighted by Crippen LogP contribution is 2.06. The monoisotopic (exact) mass is 210 g/mol. The lowest BCUT2D eigenvalue weighted by atomic mass is 10.2. The summed E-state index contributed by atoms with van der Waals surface area (Å²) in [7, 11) is 0. The van der Waals surface area contributed by atoms with Crippen LogP contribution in [-0.2, 0) is 16.1 Å². The molecule has 0 radical (unpaired) electrons. The fourth-order valence-electron chi connectivity index (χ4n) is 1.02. The molecule has 1 rings (SSSR count). The number of hydrogen-bond donors (Lipinski definition) is 0. The van der Waals surface area contributed by atoms with Crippen molar-refractivity contribution >= 4 is 5.97 Å². The van der Waals surface area contributed by atoms with E-state index in [-0.39, 0.29) is 12.1 Å². The first kappa shape index (κ1) is 11.4. The molecular weight excluding hydrogens is 196 g/mol. The van der Waals surface area contributed by atoms with Crippen molar-refractivity contribution in [1.82, 2.24) is 9.55 Å². The summed E-state index contributed by atoms with van der Waals surface area (Å²) in [5, 5.41) is 0. The van der Waals surface area contributed by atoms with Gasteiger partial charge in [-0.15, -0.1) is 0 Å². The van der Waals surface area contributed by atoms with E-state index in [0.29, 0.717) is 0 Å². The van der Waals surface area contributed by atoms with Crippen LogP contribution in [0, 0.1) is 0 Å². The van der Waals surface area contributed by atoms with Crippen LogP contribution >= 0.6 is 0 Å². The molecule has 0 unspecified atom stereocenters. The maximum absolute atomic E-state index is 11.4. The Balaban J connectivity index is 2.68. The highest BCUT2D eigenvalue weighted by atomic mass is 16.6. The summed E-state index contributed by atoms with van der Waals surface area (Å²) in [4.78, 5) is 26.2. The van der Waals surface area contributed by atoms with Crippen LogP contribution in [0.5, 0.6) is 0 Å². The molecule has 0 aliphatic carbocycles. The third-order valence-electron chi connectivity index (χ3n) is 1.52. The predicted octanol–water partition coefficient (Wildman–Crippen LogP) is 0.585. The lowest BCUT2D eigenvalue weighted by Gasteiger charge is -2.19. The predicted molar refractivity (Wildman–Crippen MR) is 54.3 cm³/mol. The van der Waals surface area contributed by atoms with E-state index in [1.165, 1.54) is 17.0 Å². The first-order valence-corrected chi connectivity index (χ1v) is 4.61. The molecule has 0 amide bonds. The summed E-state index contributed by atoms with van der Waals surface area (Å²) in [6.45, 7) is 5.25. The Labute approximate surface area is 87.7 Å². The molecule has 0 fully saturated rings. The molecule has 0 aliphatic heterocycles. The quantitative estimate of drug-likeness (QED) is 0.670. The van der Waals surface area contributed by atoms with Crippen molar-refractivity contribution in [2.24, 2.45) is 0 Å². The highest BCUT2D eigenvalue weighted by Gasteiger charge is 2.16. The molecular formula is C10H14N2O3. The van der Waals surface area contributed by atoms with Crippen molar-refractivity contribution in [3.63, 3.8) is 0 Å². The van der Waals surface area contributed by atoms with Crippen LogP contribution in [0.4, 0.5) is 0 Å². The number of carbonyl (C=O) groups excluding carboxylic acids is 1. The summed E-state index contributed by atoms with van der Waals surface area (Å²) in [5.74, 6) is -0.434. The highest BCUT2D eigenvalue weighted by molar-refractivity contribution is 5.69. The van der Waals surface area contributed by atoms with Gasteiger partial charge in [-0.3, -0.25) is 14.6 Å². The van der Waals surface area contributed by atoms with Crippen molar-refractivity contribution in [1.29, 1.82) is 0 Å². The van der Waals surface area contributed by atoms with Gasteiger partial charge in [-0.1, -0.05) is 0 Å². The number of ether oxygens (including phenoxy) is 1. The Bertz CT molecular complexity index is 404. The largest absolute Gasteiger partial charge is 0.459 e. The van der Waals surface area contributed by atoms with Gasteiger partial charge >= 0.3 is 5.97 Å². The summed E-state index contributed by atoms with van der Waals surface area (Å²) < 4.78 is 6.33. The van der Waals surface area contributed by atoms with Gasteiger partial charge in [0, 0.05) is 12.4 Å². The molecule has 0 N–H and O–H groups in total. The number of hydrogen-bond acceptors (Lipinski definition) is 4. The van der Waals surface area contributed by atoms with Gasteiger partial charge in [-0.05, 0) is 20.8 Å². The minimum Gasteiger partial charge on any atom is -0.459 e. The molecule has 0 saturated heterocycles. The maximum Gasteiger partial charge on any atom is 0.326 e. The number of carbonyl (C=O) groups is 1. The maximum atomic E-state index is 11.4. The van der Waals surface area contributed by atoms with E-state index < -0.39 is 11.6 Å². The van der Waals surface area contributed by atoms with E-state index in [4.69, 9.17) is 4.74 Å². The van der Waals surface area contributed by atoms with Crippen LogP contribution in [0.1, 0.15) is 20.8 Å². The van der Waals surface area contributed by atoms with Gasteiger partial charge < -0.3 is 9.30 Å². The molecule has 5 nitrogen and oxygen atoms in total. The minimum atomic E-state index is -0.534. The molecule has 0 saturated carbocycles. The van der Waals surface area contributed by atoms with Gasteiger partial charge in [0.25, 0.3) is 5.56 Å². The summed E-state index contributed by atoms with van der Waals surface area (Å²) in [6.07, 6.45) is 4.06. The first-order valence-electron chi connectivity index (χ1n) is 4.61. The fourth-order valence-corrected chi connectivity index (χ4v) is 1.02. The zero-order valence-corrected chi connectivity index (χ0v) is 9.06. The summed E-state index contributed by atoms with van der Waals surface area (Å²) >= 11 is 0. The lowest BCUT2D eigenvalue weighted by molar-refractivity contribution is -0.155. The van der Waals surface area contributed by atoms with Gasteiger partial charge in [0.1, 0.15) is 12.1 Å². The molecule has 0 aromatic carbocycles. The van der Waals surface area contributed by atoms with E-state index in [0.717, 1.165) is 6.20 Å². The van der Waals surface area contributed by atoms with Gasteiger partial charge in [0.2, 0.25) is 0 Å². The van der Waals surface area contributed by atoms with E-state index >= 15 is 0 Å². The van der Waals surface area contributed by atoms with Crippen molar-refractivity contribution in [3.8, 4) is 0 Å². The smallest absolute Gasteiger partial charge is 0.326 e. The molecule has 0 spiro atoms. The second-order valence-electron chi connectivity index (χ2n) is 4.13. The summed E-state index contributed by atoms with van der Waals surface area (Å²) in [6, 6.07) is 0. The van der Waals surface area contributed by atoms with Crippen molar-refractivity contribution in [3.05, 3.63) is 28.9 Å². The molecule has 1 aromatic heterocycles. The number of nitrogens with zero attached hydrogens (tertiary/aromatic N) is 2. The van der Waals surface area contributed by atoms with Crippen LogP contribution < -0.4 is 5.56 Å². The molecule has 15 heavy (non-hydrogen) atoms. The lowest BCUT2D eigenvalue weighted by Crippen LogP contribution is -2.30. The second kappa shape index (κ2) is 4.25. The number of esters is 1. The van der Waals surface area contributed by atoms with Gasteiger partial charge in [-0.25, -0.2) is 0 Å². The van der Waals surface area contributed by atoms with Crippen LogP contribution in [0.3, 0.4) is 0 Å². The topological polar surface area (TPSA) is 61.2 Å². The van der Waals surface area contributed by atoms with E-state index in [1.54, 1.807) is 20.8 Å². The molecule has 1 heterocycles. The third kappa shape index (κ3) is 3.93. The van der Waals surface area contributed by atoms with Crippen LogP contribution in [0.15, 0.2) is 23.4 Å². The van der Waals surface area contributed by atoms with E-state index in [1.807, 2.05) is 0 Å². The Morgan fingerprint density at radius 3 is 2.73 bits per heavy atom. The van der Waals surface area contributed by atoms with Crippen molar-refractivity contribution in [2.75, 3.05) is 0 Å². The Kier molecular flexibility index (Phi) is 3.24. The molecule has 0 bridgehead atoms. The average Bonchev–Trinajstić information content (AvgIpc) is 2.05. The minimum absolute atomic E-state index is 0.0847. The normalized spacial score (nSPS) is 11.1. The second-order valence-corrected chi connectivity index (χ2v) is 4.13. The first-order chi connectivity index (χ1) is 6.88. The molecule has 0 atom stereocenters.